The number of rotatable bonds is 4. The fraction of sp³-hybridized carbons (Fsp3) is 0.381. The van der Waals surface area contributed by atoms with E-state index in [-0.39, 0.29) is 49.4 Å². The molecule has 3 aliphatic rings. The molecular formula is C21H20N6O6. The van der Waals surface area contributed by atoms with E-state index in [4.69, 9.17) is 0 Å². The number of carbonyl (C=O) groups excluding carboxylic acids is 5. The highest BCUT2D eigenvalue weighted by molar-refractivity contribution is 6.24. The van der Waals surface area contributed by atoms with Crippen molar-refractivity contribution < 1.29 is 29.1 Å². The Bertz CT molecular complexity index is 1210. The van der Waals surface area contributed by atoms with Crippen LogP contribution in [0.5, 0.6) is 0 Å². The predicted molar refractivity (Wildman–Crippen MR) is 109 cm³/mol. The van der Waals surface area contributed by atoms with Crippen molar-refractivity contribution in [2.45, 2.75) is 44.4 Å². The molecule has 33 heavy (non-hydrogen) atoms. The van der Waals surface area contributed by atoms with E-state index < -0.39 is 35.8 Å². The van der Waals surface area contributed by atoms with Crippen LogP contribution in [0.1, 0.15) is 52.1 Å². The van der Waals surface area contributed by atoms with E-state index in [1.807, 2.05) is 0 Å². The number of amides is 5. The van der Waals surface area contributed by atoms with Crippen LogP contribution in [0.15, 0.2) is 24.4 Å². The van der Waals surface area contributed by atoms with E-state index in [0.29, 0.717) is 17.8 Å². The molecule has 5 rings (SSSR count). The molecule has 0 radical (unpaired) electrons. The summed E-state index contributed by atoms with van der Waals surface area (Å²) in [4.78, 5) is 64.4. The number of fused-ring (bicyclic) bond motifs is 1. The Morgan fingerprint density at radius 1 is 1.06 bits per heavy atom. The quantitative estimate of drug-likeness (QED) is 0.569. The SMILES string of the molecule is O=C1CCC(N2C(=O)c3cccc(-n4cc(CN5CC(O)CCC5=O)nn4)c3C2=O)C(=O)N1. The van der Waals surface area contributed by atoms with E-state index in [0.717, 1.165) is 4.90 Å². The zero-order chi connectivity index (χ0) is 23.3. The Kier molecular flexibility index (Phi) is 5.01. The molecule has 0 saturated carbocycles. The standard InChI is InChI=1S/C21H20N6O6/c28-12-4-7-17(30)25(10-12)8-11-9-26(24-23-11)14-3-1-2-13-18(14)21(33)27(20(13)32)15-5-6-16(29)22-19(15)31/h1-3,9,12,15,28H,4-8,10H2,(H,22,29,31). The van der Waals surface area contributed by atoms with Crippen LogP contribution in [-0.2, 0) is 20.9 Å². The number of nitrogens with zero attached hydrogens (tertiary/aromatic N) is 5. The van der Waals surface area contributed by atoms with Crippen molar-refractivity contribution in [3.8, 4) is 5.69 Å². The summed E-state index contributed by atoms with van der Waals surface area (Å²) in [6.45, 7) is 0.362. The first kappa shape index (κ1) is 20.9. The maximum Gasteiger partial charge on any atom is 0.264 e. The molecule has 2 saturated heterocycles. The number of nitrogens with one attached hydrogen (secondary N) is 1. The molecule has 2 atom stereocenters. The first-order chi connectivity index (χ1) is 15.8. The van der Waals surface area contributed by atoms with Crippen molar-refractivity contribution in [1.29, 1.82) is 0 Å². The molecule has 3 aliphatic heterocycles. The van der Waals surface area contributed by atoms with Gasteiger partial charge >= 0.3 is 0 Å². The summed E-state index contributed by atoms with van der Waals surface area (Å²) in [6.07, 6.45) is 1.75. The number of aromatic nitrogens is 3. The van der Waals surface area contributed by atoms with Gasteiger partial charge < -0.3 is 10.0 Å². The van der Waals surface area contributed by atoms with Crippen LogP contribution >= 0.6 is 0 Å². The third kappa shape index (κ3) is 3.57. The highest BCUT2D eigenvalue weighted by atomic mass is 16.3. The monoisotopic (exact) mass is 452 g/mol. The second kappa shape index (κ2) is 7.89. The molecule has 0 bridgehead atoms. The smallest absolute Gasteiger partial charge is 0.264 e. The Balaban J connectivity index is 1.43. The van der Waals surface area contributed by atoms with Crippen molar-refractivity contribution in [2.24, 2.45) is 0 Å². The van der Waals surface area contributed by atoms with Gasteiger partial charge in [0.1, 0.15) is 11.7 Å². The minimum atomic E-state index is -1.06. The zero-order valence-electron chi connectivity index (χ0n) is 17.4. The van der Waals surface area contributed by atoms with Gasteiger partial charge in [-0.1, -0.05) is 11.3 Å². The van der Waals surface area contributed by atoms with Gasteiger partial charge in [0.05, 0.1) is 35.7 Å². The van der Waals surface area contributed by atoms with Crippen molar-refractivity contribution in [2.75, 3.05) is 6.54 Å². The Morgan fingerprint density at radius 2 is 1.88 bits per heavy atom. The van der Waals surface area contributed by atoms with Gasteiger partial charge in [0.25, 0.3) is 11.8 Å². The van der Waals surface area contributed by atoms with Crippen LogP contribution in [0.4, 0.5) is 0 Å². The van der Waals surface area contributed by atoms with E-state index in [1.54, 1.807) is 18.3 Å². The normalized spacial score (nSPS) is 23.2. The molecule has 1 aromatic carbocycles. The number of aliphatic hydroxyl groups is 1. The van der Waals surface area contributed by atoms with E-state index in [1.165, 1.54) is 15.6 Å². The molecular weight excluding hydrogens is 432 g/mol. The van der Waals surface area contributed by atoms with Crippen molar-refractivity contribution in [1.82, 2.24) is 30.1 Å². The molecule has 1 aromatic heterocycles. The van der Waals surface area contributed by atoms with Crippen LogP contribution in [0.2, 0.25) is 0 Å². The first-order valence-corrected chi connectivity index (χ1v) is 10.6. The molecule has 12 heteroatoms. The zero-order valence-corrected chi connectivity index (χ0v) is 17.4. The molecule has 2 N–H and O–H groups in total. The van der Waals surface area contributed by atoms with E-state index in [9.17, 15) is 29.1 Å². The second-order valence-corrected chi connectivity index (χ2v) is 8.27. The first-order valence-electron chi connectivity index (χ1n) is 10.6. The minimum absolute atomic E-state index is 0.0347. The molecule has 2 unspecified atom stereocenters. The van der Waals surface area contributed by atoms with Crippen LogP contribution in [0.25, 0.3) is 5.69 Å². The summed E-state index contributed by atoms with van der Waals surface area (Å²) < 4.78 is 1.35. The maximum absolute atomic E-state index is 13.2. The Labute approximate surface area is 187 Å². The summed E-state index contributed by atoms with van der Waals surface area (Å²) >= 11 is 0. The van der Waals surface area contributed by atoms with Crippen molar-refractivity contribution in [3.63, 3.8) is 0 Å². The number of β-amino-alcohol motifs (C(OH)–C–C–N with tert-alkyl or cyclic N) is 1. The van der Waals surface area contributed by atoms with Gasteiger partial charge in [0, 0.05) is 19.4 Å². The number of hydrogen-bond donors (Lipinski definition) is 2. The number of piperidine rings is 2. The van der Waals surface area contributed by atoms with Crippen LogP contribution in [-0.4, -0.2) is 78.1 Å². The predicted octanol–water partition coefficient (Wildman–Crippen LogP) is -0.848. The Morgan fingerprint density at radius 3 is 2.67 bits per heavy atom. The topological polar surface area (TPSA) is 155 Å². The number of benzene rings is 1. The van der Waals surface area contributed by atoms with Gasteiger partial charge in [0.15, 0.2) is 0 Å². The highest BCUT2D eigenvalue weighted by Crippen LogP contribution is 2.31. The molecule has 170 valence electrons. The maximum atomic E-state index is 13.2. The van der Waals surface area contributed by atoms with Crippen LogP contribution in [0, 0.1) is 0 Å². The molecule has 4 heterocycles. The number of hydrogen-bond acceptors (Lipinski definition) is 8. The Hall–Kier alpha value is -3.93. The second-order valence-electron chi connectivity index (χ2n) is 8.27. The third-order valence-electron chi connectivity index (χ3n) is 6.06. The number of aliphatic hydroxyl groups excluding tert-OH is 1. The summed E-state index contributed by atoms with van der Waals surface area (Å²) in [5.74, 6) is -2.47. The summed E-state index contributed by atoms with van der Waals surface area (Å²) in [7, 11) is 0. The van der Waals surface area contributed by atoms with Crippen LogP contribution < -0.4 is 5.32 Å². The van der Waals surface area contributed by atoms with Gasteiger partial charge in [-0.15, -0.1) is 5.10 Å². The lowest BCUT2D eigenvalue weighted by atomic mass is 10.0. The summed E-state index contributed by atoms with van der Waals surface area (Å²) in [6, 6.07) is 3.63. The van der Waals surface area contributed by atoms with Gasteiger partial charge in [-0.3, -0.25) is 34.2 Å². The average Bonchev–Trinajstić information content (AvgIpc) is 3.34. The molecule has 5 amide bonds. The molecule has 2 fully saturated rings. The third-order valence-corrected chi connectivity index (χ3v) is 6.06. The highest BCUT2D eigenvalue weighted by Gasteiger charge is 2.45. The lowest BCUT2D eigenvalue weighted by Gasteiger charge is -2.29. The number of imide groups is 2. The summed E-state index contributed by atoms with van der Waals surface area (Å²) in [5, 5.41) is 20.1. The fourth-order valence-corrected chi connectivity index (χ4v) is 4.42. The van der Waals surface area contributed by atoms with Gasteiger partial charge in [0.2, 0.25) is 17.7 Å². The van der Waals surface area contributed by atoms with Crippen molar-refractivity contribution >= 4 is 29.5 Å². The molecule has 12 nitrogen and oxygen atoms in total. The van der Waals surface area contributed by atoms with Gasteiger partial charge in [-0.25, -0.2) is 4.68 Å². The van der Waals surface area contributed by atoms with Crippen molar-refractivity contribution in [3.05, 3.63) is 41.2 Å². The fourth-order valence-electron chi connectivity index (χ4n) is 4.42. The number of carbonyl (C=O) groups is 5. The number of likely N-dealkylation sites (tertiary alicyclic amines) is 1. The lowest BCUT2D eigenvalue weighted by molar-refractivity contribution is -0.138. The van der Waals surface area contributed by atoms with Crippen LogP contribution in [0.3, 0.4) is 0 Å². The molecule has 0 spiro atoms. The van der Waals surface area contributed by atoms with Gasteiger partial charge in [-0.2, -0.15) is 0 Å². The lowest BCUT2D eigenvalue weighted by Crippen LogP contribution is -2.54. The molecule has 0 aliphatic carbocycles. The summed E-state index contributed by atoms with van der Waals surface area (Å²) in [5.41, 5.74) is 0.986. The van der Waals surface area contributed by atoms with Gasteiger partial charge in [-0.05, 0) is 25.0 Å². The van der Waals surface area contributed by atoms with E-state index in [2.05, 4.69) is 15.6 Å². The minimum Gasteiger partial charge on any atom is -0.391 e. The average molecular weight is 452 g/mol. The van der Waals surface area contributed by atoms with E-state index >= 15 is 0 Å². The molecule has 2 aromatic rings. The largest absolute Gasteiger partial charge is 0.391 e.